The molecule has 0 radical (unpaired) electrons. The lowest BCUT2D eigenvalue weighted by molar-refractivity contribution is -0.137. The first-order valence-corrected chi connectivity index (χ1v) is 13.9. The first-order chi connectivity index (χ1) is 18.3. The minimum Gasteiger partial charge on any atom is -0.496 e. The summed E-state index contributed by atoms with van der Waals surface area (Å²) < 4.78 is 13.2. The van der Waals surface area contributed by atoms with Gasteiger partial charge in [-0.15, -0.1) is 12.4 Å². The molecule has 216 valence electrons. The number of piperidine rings is 1. The summed E-state index contributed by atoms with van der Waals surface area (Å²) in [6, 6.07) is 8.00. The van der Waals surface area contributed by atoms with Gasteiger partial charge in [-0.1, -0.05) is 25.3 Å². The number of hydrogen-bond acceptors (Lipinski definition) is 6. The predicted molar refractivity (Wildman–Crippen MR) is 153 cm³/mol. The quantitative estimate of drug-likeness (QED) is 0.381. The van der Waals surface area contributed by atoms with Gasteiger partial charge in [-0.25, -0.2) is 0 Å². The molecule has 4 rings (SSSR count). The van der Waals surface area contributed by atoms with Gasteiger partial charge in [-0.2, -0.15) is 5.10 Å². The van der Waals surface area contributed by atoms with Gasteiger partial charge in [-0.05, 0) is 64.2 Å². The van der Waals surface area contributed by atoms with Crippen LogP contribution >= 0.6 is 12.4 Å². The highest BCUT2D eigenvalue weighted by molar-refractivity contribution is 5.94. The van der Waals surface area contributed by atoms with Gasteiger partial charge in [0, 0.05) is 24.7 Å². The number of aromatic nitrogens is 2. The van der Waals surface area contributed by atoms with E-state index in [-0.39, 0.29) is 36.5 Å². The van der Waals surface area contributed by atoms with Crippen molar-refractivity contribution in [3.63, 3.8) is 0 Å². The van der Waals surface area contributed by atoms with E-state index >= 15 is 0 Å². The Balaban J connectivity index is 0.00000420. The van der Waals surface area contributed by atoms with Crippen LogP contribution in [0, 0.1) is 0 Å². The normalized spacial score (nSPS) is 20.7. The van der Waals surface area contributed by atoms with Crippen molar-refractivity contribution in [2.75, 3.05) is 20.8 Å². The molecule has 39 heavy (non-hydrogen) atoms. The van der Waals surface area contributed by atoms with Crippen LogP contribution in [0.4, 0.5) is 0 Å². The van der Waals surface area contributed by atoms with E-state index in [9.17, 15) is 14.7 Å². The number of ether oxygens (including phenoxy) is 2. The Hall–Kier alpha value is -2.78. The van der Waals surface area contributed by atoms with E-state index in [1.165, 1.54) is 6.42 Å². The first-order valence-electron chi connectivity index (χ1n) is 13.9. The smallest absolute Gasteiger partial charge is 0.305 e. The van der Waals surface area contributed by atoms with Crippen LogP contribution in [0.25, 0.3) is 11.3 Å². The first kappa shape index (κ1) is 30.8. The van der Waals surface area contributed by atoms with Crippen LogP contribution in [0.5, 0.6) is 11.5 Å². The summed E-state index contributed by atoms with van der Waals surface area (Å²) in [5, 5.41) is 17.3. The maximum Gasteiger partial charge on any atom is 0.305 e. The van der Waals surface area contributed by atoms with Crippen molar-refractivity contribution in [1.82, 2.24) is 20.0 Å². The molecule has 0 spiro atoms. The summed E-state index contributed by atoms with van der Waals surface area (Å²) in [6.45, 7) is 5.20. The standard InChI is InChI=1S/C29H42N4O5.ClH/c1-19-9-7-10-20(2)32(19)16-15-21(17-27(34)35)30-29(36)23-18-24(33(31-23)22-11-5-6-12-22)28-25(37-3)13-8-14-26(28)38-4;/h8,13-14,18-22H,5-7,9-12,15-17H2,1-4H3,(H,30,36)(H,34,35);1H/t19?,20?,21-;/m0./s1. The number of nitrogens with one attached hydrogen (secondary N) is 1. The zero-order valence-electron chi connectivity index (χ0n) is 23.5. The number of rotatable bonds is 11. The molecule has 2 aliphatic rings. The number of carboxylic acid groups (broad SMARTS) is 1. The van der Waals surface area contributed by atoms with Crippen LogP contribution in [0.2, 0.25) is 0 Å². The number of carbonyl (C=O) groups excluding carboxylic acids is 1. The molecule has 0 bridgehead atoms. The molecule has 2 aromatic rings. The van der Waals surface area contributed by atoms with E-state index in [1.54, 1.807) is 20.3 Å². The molecular formula is C29H43ClN4O5. The van der Waals surface area contributed by atoms with E-state index < -0.39 is 12.0 Å². The second-order valence-corrected chi connectivity index (χ2v) is 10.8. The average Bonchev–Trinajstić information content (AvgIpc) is 3.57. The number of halogens is 1. The van der Waals surface area contributed by atoms with E-state index in [2.05, 4.69) is 24.1 Å². The third kappa shape index (κ3) is 7.25. The monoisotopic (exact) mass is 562 g/mol. The van der Waals surface area contributed by atoms with Gasteiger partial charge < -0.3 is 19.9 Å². The number of nitrogens with zero attached hydrogens (tertiary/aromatic N) is 3. The van der Waals surface area contributed by atoms with Crippen molar-refractivity contribution >= 4 is 24.3 Å². The molecule has 1 aliphatic heterocycles. The number of hydrogen-bond donors (Lipinski definition) is 2. The van der Waals surface area contributed by atoms with Crippen LogP contribution in [0.15, 0.2) is 24.3 Å². The molecule has 1 saturated carbocycles. The molecule has 2 fully saturated rings. The molecule has 1 aromatic heterocycles. The van der Waals surface area contributed by atoms with Gasteiger partial charge in [-0.3, -0.25) is 19.2 Å². The molecule has 1 aliphatic carbocycles. The number of benzene rings is 1. The lowest BCUT2D eigenvalue weighted by atomic mass is 9.96. The van der Waals surface area contributed by atoms with Gasteiger partial charge in [0.1, 0.15) is 11.5 Å². The Bertz CT molecular complexity index is 1080. The fraction of sp³-hybridized carbons (Fsp3) is 0.621. The van der Waals surface area contributed by atoms with Crippen molar-refractivity contribution < 1.29 is 24.2 Å². The number of likely N-dealkylation sites (tertiary alicyclic amines) is 1. The molecule has 2 N–H and O–H groups in total. The lowest BCUT2D eigenvalue weighted by Crippen LogP contribution is -2.46. The number of aliphatic carboxylic acids is 1. The minimum absolute atomic E-state index is 0. The molecule has 2 heterocycles. The fourth-order valence-corrected chi connectivity index (χ4v) is 6.14. The van der Waals surface area contributed by atoms with Crippen LogP contribution in [-0.2, 0) is 4.79 Å². The van der Waals surface area contributed by atoms with Gasteiger partial charge in [0.25, 0.3) is 5.91 Å². The Morgan fingerprint density at radius 3 is 2.23 bits per heavy atom. The molecule has 9 nitrogen and oxygen atoms in total. The zero-order valence-corrected chi connectivity index (χ0v) is 24.3. The summed E-state index contributed by atoms with van der Waals surface area (Å²) in [5.41, 5.74) is 1.79. The number of amides is 1. The van der Waals surface area contributed by atoms with Crippen molar-refractivity contribution in [2.24, 2.45) is 0 Å². The highest BCUT2D eigenvalue weighted by Gasteiger charge is 2.29. The zero-order chi connectivity index (χ0) is 27.2. The van der Waals surface area contributed by atoms with Crippen molar-refractivity contribution in [1.29, 1.82) is 0 Å². The Labute approximate surface area is 237 Å². The van der Waals surface area contributed by atoms with Gasteiger partial charge >= 0.3 is 5.97 Å². The van der Waals surface area contributed by atoms with E-state index in [1.807, 2.05) is 22.9 Å². The molecule has 2 unspecified atom stereocenters. The maximum atomic E-state index is 13.5. The van der Waals surface area contributed by atoms with E-state index in [4.69, 9.17) is 14.6 Å². The Morgan fingerprint density at radius 1 is 1.05 bits per heavy atom. The largest absolute Gasteiger partial charge is 0.496 e. The summed E-state index contributed by atoms with van der Waals surface area (Å²) in [6.07, 6.45) is 8.16. The SMILES string of the molecule is COc1cccc(OC)c1-c1cc(C(=O)N[C@@H](CCN2C(C)CCCC2C)CC(=O)O)nn1C1CCCC1.Cl. The molecule has 1 saturated heterocycles. The second-order valence-electron chi connectivity index (χ2n) is 10.8. The number of carbonyl (C=O) groups is 2. The van der Waals surface area contributed by atoms with Gasteiger partial charge in [0.05, 0.1) is 37.9 Å². The van der Waals surface area contributed by atoms with Gasteiger partial charge in [0.15, 0.2) is 5.69 Å². The summed E-state index contributed by atoms with van der Waals surface area (Å²) in [5.74, 6) is 0.00165. The van der Waals surface area contributed by atoms with Gasteiger partial charge in [0.2, 0.25) is 0 Å². The van der Waals surface area contributed by atoms with E-state index in [0.717, 1.165) is 56.3 Å². The predicted octanol–water partition coefficient (Wildman–Crippen LogP) is 5.33. The molecule has 1 aromatic carbocycles. The fourth-order valence-electron chi connectivity index (χ4n) is 6.14. The third-order valence-corrected chi connectivity index (χ3v) is 8.19. The molecule has 1 amide bonds. The van der Waals surface area contributed by atoms with E-state index in [0.29, 0.717) is 30.0 Å². The summed E-state index contributed by atoms with van der Waals surface area (Å²) in [7, 11) is 3.23. The topological polar surface area (TPSA) is 106 Å². The van der Waals surface area contributed by atoms with Crippen LogP contribution in [0.3, 0.4) is 0 Å². The second kappa shape index (κ2) is 14.0. The minimum atomic E-state index is -0.925. The number of carboxylic acids is 1. The highest BCUT2D eigenvalue weighted by atomic mass is 35.5. The van der Waals surface area contributed by atoms with Crippen LogP contribution < -0.4 is 14.8 Å². The maximum absolute atomic E-state index is 13.5. The van der Waals surface area contributed by atoms with Crippen LogP contribution in [0.1, 0.15) is 88.2 Å². The third-order valence-electron chi connectivity index (χ3n) is 8.19. The molecular weight excluding hydrogens is 520 g/mol. The Morgan fingerprint density at radius 2 is 1.67 bits per heavy atom. The van der Waals surface area contributed by atoms with Crippen molar-refractivity contribution in [3.05, 3.63) is 30.0 Å². The molecule has 10 heteroatoms. The van der Waals surface area contributed by atoms with Crippen LogP contribution in [-0.4, -0.2) is 70.6 Å². The van der Waals surface area contributed by atoms with Crippen molar-refractivity contribution in [3.8, 4) is 22.8 Å². The molecule has 3 atom stereocenters. The summed E-state index contributed by atoms with van der Waals surface area (Å²) in [4.78, 5) is 27.6. The Kier molecular flexibility index (Phi) is 11.1. The summed E-state index contributed by atoms with van der Waals surface area (Å²) >= 11 is 0. The lowest BCUT2D eigenvalue weighted by Gasteiger charge is -2.39. The van der Waals surface area contributed by atoms with Crippen molar-refractivity contribution in [2.45, 2.75) is 95.8 Å². The highest BCUT2D eigenvalue weighted by Crippen LogP contribution is 2.41. The number of methoxy groups -OCH3 is 2. The average molecular weight is 563 g/mol.